The van der Waals surface area contributed by atoms with E-state index in [2.05, 4.69) is 217 Å². The number of rotatable bonds is 6. The van der Waals surface area contributed by atoms with Crippen LogP contribution in [0.4, 0.5) is 17.1 Å². The molecule has 0 amide bonds. The summed E-state index contributed by atoms with van der Waals surface area (Å²) in [4.78, 5) is 2.42. The Morgan fingerprint density at radius 2 is 1.12 bits per heavy atom. The van der Waals surface area contributed by atoms with Crippen LogP contribution in [0.15, 0.2) is 200 Å². The topological polar surface area (TPSA) is 8.17 Å². The van der Waals surface area contributed by atoms with Crippen molar-refractivity contribution in [2.45, 2.75) is 32.1 Å². The van der Waals surface area contributed by atoms with Crippen LogP contribution in [-0.2, 0) is 5.41 Å². The second-order valence-corrected chi connectivity index (χ2v) is 16.1. The minimum Gasteiger partial charge on any atom is -0.310 e. The highest BCUT2D eigenvalue weighted by molar-refractivity contribution is 6.10. The molecule has 272 valence electrons. The maximum absolute atomic E-state index is 2.44. The van der Waals surface area contributed by atoms with Crippen molar-refractivity contribution in [3.05, 3.63) is 211 Å². The third kappa shape index (κ3) is 5.47. The molecule has 0 atom stereocenters. The van der Waals surface area contributed by atoms with E-state index >= 15 is 0 Å². The Kier molecular flexibility index (Phi) is 7.69. The van der Waals surface area contributed by atoms with E-state index in [0.717, 1.165) is 24.2 Å². The smallest absolute Gasteiger partial charge is 0.0541 e. The zero-order valence-electron chi connectivity index (χ0n) is 32.3. The third-order valence-electron chi connectivity index (χ3n) is 12.5. The summed E-state index contributed by atoms with van der Waals surface area (Å²) in [5, 5.41) is 5.02. The van der Waals surface area contributed by atoms with Crippen LogP contribution in [0, 0.1) is 0 Å². The average Bonchev–Trinajstić information content (AvgIpc) is 3.72. The summed E-state index contributed by atoms with van der Waals surface area (Å²) in [5.74, 6) is 0. The molecule has 0 fully saturated rings. The molecule has 0 unspecified atom stereocenters. The van der Waals surface area contributed by atoms with E-state index < -0.39 is 0 Å². The van der Waals surface area contributed by atoms with Crippen molar-refractivity contribution in [2.24, 2.45) is 0 Å². The third-order valence-corrected chi connectivity index (χ3v) is 12.5. The highest BCUT2D eigenvalue weighted by atomic mass is 15.1. The van der Waals surface area contributed by atoms with Gasteiger partial charge >= 0.3 is 0 Å². The number of aromatic nitrogens is 1. The lowest BCUT2D eigenvalue weighted by molar-refractivity contribution is 0.607. The Morgan fingerprint density at radius 1 is 0.491 bits per heavy atom. The van der Waals surface area contributed by atoms with Gasteiger partial charge in [0, 0.05) is 38.9 Å². The first kappa shape index (κ1) is 33.4. The minimum absolute atomic E-state index is 0.00576. The molecule has 57 heavy (non-hydrogen) atoms. The van der Waals surface area contributed by atoms with E-state index in [-0.39, 0.29) is 5.41 Å². The van der Waals surface area contributed by atoms with Crippen LogP contribution in [0.5, 0.6) is 0 Å². The first-order valence-electron chi connectivity index (χ1n) is 20.1. The molecule has 0 saturated carbocycles. The molecule has 1 heterocycles. The van der Waals surface area contributed by atoms with Crippen molar-refractivity contribution in [3.8, 4) is 27.9 Å². The van der Waals surface area contributed by atoms with Gasteiger partial charge in [0.25, 0.3) is 0 Å². The Balaban J connectivity index is 0.997. The second-order valence-electron chi connectivity index (χ2n) is 16.1. The van der Waals surface area contributed by atoms with Gasteiger partial charge in [-0.3, -0.25) is 0 Å². The van der Waals surface area contributed by atoms with Crippen LogP contribution >= 0.6 is 0 Å². The first-order valence-corrected chi connectivity index (χ1v) is 20.1. The van der Waals surface area contributed by atoms with Gasteiger partial charge in [0.2, 0.25) is 0 Å². The lowest BCUT2D eigenvalue weighted by Crippen LogP contribution is -2.18. The van der Waals surface area contributed by atoms with Crippen LogP contribution in [0.1, 0.15) is 37.8 Å². The number of nitrogens with zero attached hydrogens (tertiary/aromatic N) is 2. The summed E-state index contributed by atoms with van der Waals surface area (Å²) in [7, 11) is 0. The summed E-state index contributed by atoms with van der Waals surface area (Å²) in [6, 6.07) is 67.0. The van der Waals surface area contributed by atoms with Gasteiger partial charge in [-0.15, -0.1) is 0 Å². The Morgan fingerprint density at radius 3 is 1.91 bits per heavy atom. The van der Waals surface area contributed by atoms with E-state index in [0.29, 0.717) is 0 Å². The fourth-order valence-corrected chi connectivity index (χ4v) is 9.58. The van der Waals surface area contributed by atoms with Crippen LogP contribution < -0.4 is 4.90 Å². The van der Waals surface area contributed by atoms with Gasteiger partial charge in [-0.2, -0.15) is 0 Å². The lowest BCUT2D eigenvalue weighted by Gasteiger charge is -2.29. The van der Waals surface area contributed by atoms with Crippen LogP contribution in [0.25, 0.3) is 66.1 Å². The number of anilines is 3. The summed E-state index contributed by atoms with van der Waals surface area (Å²) < 4.78 is 2.41. The molecule has 0 N–H and O–H groups in total. The largest absolute Gasteiger partial charge is 0.310 e. The maximum atomic E-state index is 2.44. The van der Waals surface area contributed by atoms with E-state index in [9.17, 15) is 0 Å². The number of hydrogen-bond acceptors (Lipinski definition) is 1. The molecule has 0 bridgehead atoms. The van der Waals surface area contributed by atoms with Crippen molar-refractivity contribution in [1.29, 1.82) is 0 Å². The highest BCUT2D eigenvalue weighted by Crippen LogP contribution is 2.52. The van der Waals surface area contributed by atoms with Crippen LogP contribution in [0.3, 0.4) is 0 Å². The molecule has 1 aromatic heterocycles. The van der Waals surface area contributed by atoms with Crippen molar-refractivity contribution in [2.75, 3.05) is 4.90 Å². The molecule has 9 aromatic rings. The van der Waals surface area contributed by atoms with E-state index in [1.54, 1.807) is 5.57 Å². The van der Waals surface area contributed by atoms with Gasteiger partial charge in [-0.05, 0) is 129 Å². The molecular formula is C55H42N2. The maximum Gasteiger partial charge on any atom is 0.0541 e. The lowest BCUT2D eigenvalue weighted by atomic mass is 9.78. The number of fused-ring (bicyclic) bond motifs is 6. The van der Waals surface area contributed by atoms with E-state index in [1.165, 1.54) is 82.9 Å². The fourth-order valence-electron chi connectivity index (χ4n) is 9.58. The normalized spacial score (nSPS) is 14.4. The molecule has 8 aromatic carbocycles. The average molecular weight is 731 g/mol. The summed E-state index contributed by atoms with van der Waals surface area (Å²) >= 11 is 0. The second kappa shape index (κ2) is 13.1. The quantitative estimate of drug-likeness (QED) is 0.165. The van der Waals surface area contributed by atoms with Gasteiger partial charge in [0.05, 0.1) is 11.0 Å². The molecule has 11 rings (SSSR count). The molecule has 0 radical (unpaired) electrons. The van der Waals surface area contributed by atoms with Crippen LogP contribution in [-0.4, -0.2) is 4.57 Å². The summed E-state index contributed by atoms with van der Waals surface area (Å²) in [6.45, 7) is 4.81. The van der Waals surface area contributed by atoms with E-state index in [4.69, 9.17) is 0 Å². The van der Waals surface area contributed by atoms with Crippen molar-refractivity contribution in [1.82, 2.24) is 4.57 Å². The molecular weight excluding hydrogens is 689 g/mol. The van der Waals surface area contributed by atoms with Crippen molar-refractivity contribution in [3.63, 3.8) is 0 Å². The summed E-state index contributed by atoms with van der Waals surface area (Å²) in [6.07, 6.45) is 6.93. The molecule has 2 aliphatic carbocycles. The summed E-state index contributed by atoms with van der Waals surface area (Å²) in [5.41, 5.74) is 17.7. The minimum atomic E-state index is -0.00576. The van der Waals surface area contributed by atoms with Gasteiger partial charge in [-0.25, -0.2) is 0 Å². The monoisotopic (exact) mass is 730 g/mol. The molecule has 2 nitrogen and oxygen atoms in total. The molecule has 0 spiro atoms. The van der Waals surface area contributed by atoms with Gasteiger partial charge in [-0.1, -0.05) is 147 Å². The van der Waals surface area contributed by atoms with Gasteiger partial charge in [0.1, 0.15) is 0 Å². The standard InChI is InChI=1S/C55H42N2/c1-55(2)51-18-10-8-16-47(51)48-32-31-46(36-52(48)55)56(43-26-20-39(21-27-43)37-12-4-3-5-13-37)44-28-22-40(23-29-44)42-25-33-54-50(35-42)49-17-9-11-19-53(49)57(54)45-30-24-38-14-6-7-15-41(38)34-45/h3-9,11-17,19-36H,10,18H2,1-2H3. The molecule has 2 aliphatic rings. The predicted molar refractivity (Wildman–Crippen MR) is 242 cm³/mol. The Hall–Kier alpha value is -6.90. The number of hydrogen-bond donors (Lipinski definition) is 0. The molecule has 2 heteroatoms. The predicted octanol–water partition coefficient (Wildman–Crippen LogP) is 15.1. The Bertz CT molecular complexity index is 3070. The van der Waals surface area contributed by atoms with Gasteiger partial charge in [0.15, 0.2) is 0 Å². The molecule has 0 saturated heterocycles. The van der Waals surface area contributed by atoms with Crippen LogP contribution in [0.2, 0.25) is 0 Å². The zero-order valence-corrected chi connectivity index (χ0v) is 32.3. The number of allylic oxidation sites excluding steroid dienone is 4. The first-order chi connectivity index (χ1) is 28.0. The zero-order chi connectivity index (χ0) is 38.1. The van der Waals surface area contributed by atoms with Crippen molar-refractivity contribution < 1.29 is 0 Å². The number of benzene rings is 8. The highest BCUT2D eigenvalue weighted by Gasteiger charge is 2.37. The van der Waals surface area contributed by atoms with Crippen molar-refractivity contribution >= 4 is 55.2 Å². The van der Waals surface area contributed by atoms with E-state index in [1.807, 2.05) is 0 Å². The fraction of sp³-hybridized carbons (Fsp3) is 0.0909. The Labute approximate surface area is 334 Å². The molecule has 0 aliphatic heterocycles. The SMILES string of the molecule is CC1(C)C2=C(C=CCC2)c2ccc(N(c3ccc(-c4ccccc4)cc3)c3ccc(-c4ccc5c(c4)c4ccccc4n5-c4ccc5ccccc5c4)cc3)cc21. The van der Waals surface area contributed by atoms with Gasteiger partial charge < -0.3 is 9.47 Å². The number of para-hydroxylation sites is 1.